The van der Waals surface area contributed by atoms with E-state index >= 15 is 0 Å². The van der Waals surface area contributed by atoms with E-state index < -0.39 is 16.6 Å². The molecular weight excluding hydrogens is 344 g/mol. The minimum absolute atomic E-state index is 0.0458. The molecule has 0 N–H and O–H groups in total. The van der Waals surface area contributed by atoms with Gasteiger partial charge in [0.05, 0.1) is 12.2 Å². The molecule has 0 rings (SSSR count). The standard InChI is InChI=1S/C20H44O3Si2/c1-12-14-18(22-25(10,11)20(4,5)6)16(3)19(17(13-2)15-21)23-24(7,8)9/h15-19H,12-14H2,1-11H3/t16-,17-,18-,19-/m1/s1. The zero-order valence-corrected chi connectivity index (χ0v) is 20.7. The van der Waals surface area contributed by atoms with E-state index in [1.807, 2.05) is 0 Å². The molecule has 0 aliphatic heterocycles. The molecule has 3 nitrogen and oxygen atoms in total. The lowest BCUT2D eigenvalue weighted by molar-refractivity contribution is -0.116. The number of carbonyl (C=O) groups is 1. The Morgan fingerprint density at radius 3 is 1.84 bits per heavy atom. The van der Waals surface area contributed by atoms with Crippen LogP contribution in [-0.4, -0.2) is 35.1 Å². The van der Waals surface area contributed by atoms with Gasteiger partial charge in [-0.3, -0.25) is 0 Å². The lowest BCUT2D eigenvalue weighted by Crippen LogP contribution is -2.50. The topological polar surface area (TPSA) is 35.5 Å². The largest absolute Gasteiger partial charge is 0.414 e. The molecule has 0 amide bonds. The lowest BCUT2D eigenvalue weighted by Gasteiger charge is -2.44. The Balaban J connectivity index is 5.61. The van der Waals surface area contributed by atoms with Crippen LogP contribution in [0.25, 0.3) is 0 Å². The summed E-state index contributed by atoms with van der Waals surface area (Å²) >= 11 is 0. The van der Waals surface area contributed by atoms with Crippen LogP contribution in [0.2, 0.25) is 37.8 Å². The minimum atomic E-state index is -1.86. The van der Waals surface area contributed by atoms with Crippen molar-refractivity contribution < 1.29 is 13.6 Å². The maximum absolute atomic E-state index is 11.7. The van der Waals surface area contributed by atoms with Crippen molar-refractivity contribution >= 4 is 22.9 Å². The summed E-state index contributed by atoms with van der Waals surface area (Å²) in [7, 11) is -3.61. The maximum Gasteiger partial charge on any atom is 0.192 e. The van der Waals surface area contributed by atoms with Gasteiger partial charge < -0.3 is 13.6 Å². The third-order valence-corrected chi connectivity index (χ3v) is 11.0. The summed E-state index contributed by atoms with van der Waals surface area (Å²) in [6, 6.07) is 0. The van der Waals surface area contributed by atoms with Crippen LogP contribution in [-0.2, 0) is 13.6 Å². The van der Waals surface area contributed by atoms with Gasteiger partial charge in [0.1, 0.15) is 6.29 Å². The monoisotopic (exact) mass is 388 g/mol. The smallest absolute Gasteiger partial charge is 0.192 e. The fraction of sp³-hybridized carbons (Fsp3) is 0.950. The van der Waals surface area contributed by atoms with Crippen LogP contribution in [0.1, 0.15) is 60.8 Å². The first-order chi connectivity index (χ1) is 11.2. The Morgan fingerprint density at radius 2 is 1.52 bits per heavy atom. The van der Waals surface area contributed by atoms with Gasteiger partial charge in [0.25, 0.3) is 0 Å². The van der Waals surface area contributed by atoms with Crippen molar-refractivity contribution in [1.82, 2.24) is 0 Å². The van der Waals surface area contributed by atoms with Crippen LogP contribution in [0.5, 0.6) is 0 Å². The lowest BCUT2D eigenvalue weighted by atomic mass is 9.86. The molecule has 0 aromatic carbocycles. The Morgan fingerprint density at radius 1 is 1.00 bits per heavy atom. The quantitative estimate of drug-likeness (QED) is 0.309. The van der Waals surface area contributed by atoms with Crippen molar-refractivity contribution in [3.63, 3.8) is 0 Å². The van der Waals surface area contributed by atoms with E-state index in [2.05, 4.69) is 74.3 Å². The highest BCUT2D eigenvalue weighted by molar-refractivity contribution is 6.74. The number of hydrogen-bond donors (Lipinski definition) is 0. The first-order valence-corrected chi connectivity index (χ1v) is 16.3. The molecule has 150 valence electrons. The zero-order valence-electron chi connectivity index (χ0n) is 18.7. The fourth-order valence-corrected chi connectivity index (χ4v) is 5.53. The van der Waals surface area contributed by atoms with E-state index in [9.17, 15) is 4.79 Å². The van der Waals surface area contributed by atoms with E-state index in [-0.39, 0.29) is 29.1 Å². The van der Waals surface area contributed by atoms with Crippen molar-refractivity contribution in [2.75, 3.05) is 0 Å². The molecule has 25 heavy (non-hydrogen) atoms. The average Bonchev–Trinajstić information content (AvgIpc) is 2.43. The van der Waals surface area contributed by atoms with Crippen molar-refractivity contribution in [2.45, 2.75) is 111 Å². The van der Waals surface area contributed by atoms with Crippen LogP contribution in [0.15, 0.2) is 0 Å². The second kappa shape index (κ2) is 9.81. The van der Waals surface area contributed by atoms with Gasteiger partial charge in [-0.2, -0.15) is 0 Å². The van der Waals surface area contributed by atoms with Crippen LogP contribution in [0, 0.1) is 11.8 Å². The molecule has 5 heteroatoms. The summed E-state index contributed by atoms with van der Waals surface area (Å²) in [5.41, 5.74) is 0. The second-order valence-corrected chi connectivity index (χ2v) is 19.2. The van der Waals surface area contributed by atoms with Gasteiger partial charge in [0.2, 0.25) is 0 Å². The minimum Gasteiger partial charge on any atom is -0.414 e. The normalized spacial score (nSPS) is 18.5. The van der Waals surface area contributed by atoms with Gasteiger partial charge >= 0.3 is 0 Å². The van der Waals surface area contributed by atoms with Crippen molar-refractivity contribution in [3.05, 3.63) is 0 Å². The molecule has 0 aromatic heterocycles. The summed E-state index contributed by atoms with van der Waals surface area (Å²) in [6.07, 6.45) is 4.13. The van der Waals surface area contributed by atoms with Crippen LogP contribution >= 0.6 is 0 Å². The van der Waals surface area contributed by atoms with Crippen molar-refractivity contribution in [1.29, 1.82) is 0 Å². The number of carbonyl (C=O) groups excluding carboxylic acids is 1. The molecule has 0 spiro atoms. The first kappa shape index (κ1) is 25.0. The molecule has 0 unspecified atom stereocenters. The van der Waals surface area contributed by atoms with Crippen LogP contribution in [0.3, 0.4) is 0 Å². The van der Waals surface area contributed by atoms with Crippen LogP contribution in [0.4, 0.5) is 0 Å². The van der Waals surface area contributed by atoms with Gasteiger partial charge in [-0.05, 0) is 50.6 Å². The summed E-state index contributed by atoms with van der Waals surface area (Å²) in [4.78, 5) is 11.7. The molecule has 0 aromatic rings. The van der Waals surface area contributed by atoms with Crippen molar-refractivity contribution in [3.8, 4) is 0 Å². The predicted molar refractivity (Wildman–Crippen MR) is 114 cm³/mol. The predicted octanol–water partition coefficient (Wildman–Crippen LogP) is 6.26. The molecule has 0 heterocycles. The fourth-order valence-electron chi connectivity index (χ4n) is 2.88. The van der Waals surface area contributed by atoms with Crippen molar-refractivity contribution in [2.24, 2.45) is 11.8 Å². The Hall–Kier alpha value is 0.0238. The molecule has 0 saturated carbocycles. The summed E-state index contributed by atoms with van der Waals surface area (Å²) in [6.45, 7) is 24.6. The molecule has 0 radical (unpaired) electrons. The maximum atomic E-state index is 11.7. The highest BCUT2D eigenvalue weighted by atomic mass is 28.4. The summed E-state index contributed by atoms with van der Waals surface area (Å²) in [5.74, 6) is 0.167. The zero-order chi connectivity index (χ0) is 20.1. The highest BCUT2D eigenvalue weighted by Gasteiger charge is 2.42. The van der Waals surface area contributed by atoms with Crippen LogP contribution < -0.4 is 0 Å². The number of hydrogen-bond acceptors (Lipinski definition) is 3. The Kier molecular flexibility index (Phi) is 9.82. The number of rotatable bonds is 11. The molecule has 0 aliphatic carbocycles. The van der Waals surface area contributed by atoms with Gasteiger partial charge in [-0.1, -0.05) is 48.0 Å². The van der Waals surface area contributed by atoms with E-state index in [1.165, 1.54) is 0 Å². The van der Waals surface area contributed by atoms with E-state index in [4.69, 9.17) is 8.85 Å². The second-order valence-electron chi connectivity index (χ2n) is 9.97. The van der Waals surface area contributed by atoms with Gasteiger partial charge in [-0.25, -0.2) is 0 Å². The molecule has 0 aliphatic rings. The molecule has 0 bridgehead atoms. The molecule has 4 atom stereocenters. The average molecular weight is 389 g/mol. The van der Waals surface area contributed by atoms with Gasteiger partial charge in [-0.15, -0.1) is 0 Å². The summed E-state index contributed by atoms with van der Waals surface area (Å²) in [5, 5.41) is 0.183. The van der Waals surface area contributed by atoms with E-state index in [0.717, 1.165) is 25.5 Å². The highest BCUT2D eigenvalue weighted by Crippen LogP contribution is 2.40. The van der Waals surface area contributed by atoms with Gasteiger partial charge in [0.15, 0.2) is 16.6 Å². The molecular formula is C20H44O3Si2. The Bertz CT molecular complexity index is 397. The third kappa shape index (κ3) is 8.06. The first-order valence-electron chi connectivity index (χ1n) is 10.0. The number of aldehydes is 1. The molecule has 0 fully saturated rings. The summed E-state index contributed by atoms with van der Waals surface area (Å²) < 4.78 is 13.3. The SMILES string of the molecule is CCC[C@@H](O[Si](C)(C)C(C)(C)C)[C@@H](C)[C@@H](O[Si](C)(C)C)[C@@H](C=O)CC. The molecule has 0 saturated heterocycles. The van der Waals surface area contributed by atoms with Gasteiger partial charge in [0, 0.05) is 11.8 Å². The Labute approximate surface area is 159 Å². The van der Waals surface area contributed by atoms with E-state index in [0.29, 0.717) is 0 Å². The third-order valence-electron chi connectivity index (χ3n) is 5.49. The van der Waals surface area contributed by atoms with E-state index in [1.54, 1.807) is 0 Å².